The van der Waals surface area contributed by atoms with Gasteiger partial charge in [0, 0.05) is 65.9 Å². The highest BCUT2D eigenvalue weighted by molar-refractivity contribution is 7.00. The van der Waals surface area contributed by atoms with Crippen LogP contribution in [0.4, 0.5) is 0 Å². The van der Waals surface area contributed by atoms with Crippen LogP contribution in [0.1, 0.15) is 0 Å². The molecule has 3 aromatic heterocycles. The van der Waals surface area contributed by atoms with Crippen LogP contribution in [0.15, 0.2) is 194 Å². The smallest absolute Gasteiger partial charge is 0.252 e. The molecule has 4 heteroatoms. The predicted molar refractivity (Wildman–Crippen MR) is 245 cm³/mol. The average molecular weight is 734 g/mol. The van der Waals surface area contributed by atoms with Gasteiger partial charge in [-0.3, -0.25) is 0 Å². The minimum atomic E-state index is 0.0815. The van der Waals surface area contributed by atoms with E-state index in [0.717, 1.165) is 5.69 Å². The molecule has 9 aromatic carbocycles. The number of hydrogen-bond donors (Lipinski definition) is 0. The molecule has 0 saturated heterocycles. The molecule has 0 saturated carbocycles. The SMILES string of the molecule is c1ccc(-c2cccc3c4cccc(-c5ccccc5)c4n(-c4cc5c6c(c4)-n4c7ccccc7c7cccc(c74)B6c4cccc6c7ccccc7n-5c46)c23)cc1. The van der Waals surface area contributed by atoms with E-state index in [0.29, 0.717) is 0 Å². The first-order valence-electron chi connectivity index (χ1n) is 20.2. The van der Waals surface area contributed by atoms with Crippen molar-refractivity contribution >= 4 is 88.5 Å². The lowest BCUT2D eigenvalue weighted by atomic mass is 9.34. The van der Waals surface area contributed by atoms with Gasteiger partial charge in [0.05, 0.1) is 27.8 Å². The highest BCUT2D eigenvalue weighted by atomic mass is 15.1. The molecule has 12 aromatic rings. The Hall–Kier alpha value is -7.56. The van der Waals surface area contributed by atoms with Gasteiger partial charge in [-0.05, 0) is 51.8 Å². The summed E-state index contributed by atoms with van der Waals surface area (Å²) >= 11 is 0. The van der Waals surface area contributed by atoms with Crippen LogP contribution in [0.25, 0.3) is 105 Å². The number of nitrogens with zero attached hydrogens (tertiary/aromatic N) is 3. The molecular formula is C54H32BN3. The zero-order valence-corrected chi connectivity index (χ0v) is 31.4. The molecule has 0 bridgehead atoms. The van der Waals surface area contributed by atoms with Crippen molar-refractivity contribution in [3.8, 4) is 39.3 Å². The lowest BCUT2D eigenvalue weighted by Gasteiger charge is -2.34. The Labute approximate surface area is 334 Å². The fraction of sp³-hybridized carbons (Fsp3) is 0. The van der Waals surface area contributed by atoms with Crippen molar-refractivity contribution in [1.29, 1.82) is 0 Å². The van der Waals surface area contributed by atoms with E-state index in [9.17, 15) is 0 Å². The first-order valence-corrected chi connectivity index (χ1v) is 20.2. The van der Waals surface area contributed by atoms with Crippen molar-refractivity contribution in [1.82, 2.24) is 13.7 Å². The van der Waals surface area contributed by atoms with Crippen LogP contribution in [-0.2, 0) is 0 Å². The van der Waals surface area contributed by atoms with Crippen molar-refractivity contribution < 1.29 is 0 Å². The fourth-order valence-electron chi connectivity index (χ4n) is 11.0. The molecule has 2 aliphatic heterocycles. The third-order valence-electron chi connectivity index (χ3n) is 13.2. The molecule has 5 heterocycles. The zero-order valence-electron chi connectivity index (χ0n) is 31.4. The molecule has 0 unspecified atom stereocenters. The van der Waals surface area contributed by atoms with Gasteiger partial charge >= 0.3 is 0 Å². The van der Waals surface area contributed by atoms with Crippen LogP contribution < -0.4 is 16.4 Å². The first kappa shape index (κ1) is 30.6. The Morgan fingerprint density at radius 2 is 0.707 bits per heavy atom. The minimum Gasteiger partial charge on any atom is -0.310 e. The van der Waals surface area contributed by atoms with Gasteiger partial charge in [-0.2, -0.15) is 0 Å². The second-order valence-corrected chi connectivity index (χ2v) is 16.0. The Morgan fingerprint density at radius 1 is 0.310 bits per heavy atom. The number of aromatic nitrogens is 3. The van der Waals surface area contributed by atoms with Gasteiger partial charge in [-0.25, -0.2) is 0 Å². The van der Waals surface area contributed by atoms with E-state index >= 15 is 0 Å². The highest BCUT2D eigenvalue weighted by Crippen LogP contribution is 2.45. The number of fused-ring (bicyclic) bond motifs is 13. The molecule has 58 heavy (non-hydrogen) atoms. The number of benzene rings is 9. The van der Waals surface area contributed by atoms with Gasteiger partial charge in [-0.15, -0.1) is 0 Å². The molecule has 0 amide bonds. The number of hydrogen-bond acceptors (Lipinski definition) is 0. The molecule has 3 nitrogen and oxygen atoms in total. The van der Waals surface area contributed by atoms with E-state index in [1.54, 1.807) is 0 Å². The summed E-state index contributed by atoms with van der Waals surface area (Å²) in [5, 5.41) is 7.68. The zero-order chi connectivity index (χ0) is 37.6. The second kappa shape index (κ2) is 11.1. The normalized spacial score (nSPS) is 12.8. The highest BCUT2D eigenvalue weighted by Gasteiger charge is 2.41. The van der Waals surface area contributed by atoms with Crippen molar-refractivity contribution in [3.05, 3.63) is 194 Å². The summed E-state index contributed by atoms with van der Waals surface area (Å²) < 4.78 is 7.76. The van der Waals surface area contributed by atoms with E-state index in [-0.39, 0.29) is 6.71 Å². The van der Waals surface area contributed by atoms with E-state index in [4.69, 9.17) is 0 Å². The van der Waals surface area contributed by atoms with Crippen LogP contribution in [-0.4, -0.2) is 20.4 Å². The molecule has 2 aliphatic rings. The summed E-state index contributed by atoms with van der Waals surface area (Å²) in [6.45, 7) is 0.0815. The monoisotopic (exact) mass is 733 g/mol. The van der Waals surface area contributed by atoms with E-state index in [2.05, 4.69) is 208 Å². The lowest BCUT2D eigenvalue weighted by Crippen LogP contribution is -2.59. The van der Waals surface area contributed by atoms with Crippen LogP contribution >= 0.6 is 0 Å². The van der Waals surface area contributed by atoms with Gasteiger partial charge in [0.25, 0.3) is 6.71 Å². The second-order valence-electron chi connectivity index (χ2n) is 16.0. The maximum absolute atomic E-state index is 2.59. The molecule has 0 spiro atoms. The lowest BCUT2D eigenvalue weighted by molar-refractivity contribution is 1.10. The van der Waals surface area contributed by atoms with Gasteiger partial charge in [0.2, 0.25) is 0 Å². The predicted octanol–water partition coefficient (Wildman–Crippen LogP) is 11.5. The molecule has 266 valence electrons. The van der Waals surface area contributed by atoms with Crippen molar-refractivity contribution in [2.75, 3.05) is 0 Å². The van der Waals surface area contributed by atoms with E-state index in [1.807, 2.05) is 0 Å². The van der Waals surface area contributed by atoms with Crippen LogP contribution in [0.2, 0.25) is 0 Å². The fourth-order valence-corrected chi connectivity index (χ4v) is 11.0. The Bertz CT molecular complexity index is 3500. The van der Waals surface area contributed by atoms with Crippen molar-refractivity contribution in [3.63, 3.8) is 0 Å². The topological polar surface area (TPSA) is 14.8 Å². The van der Waals surface area contributed by atoms with Gasteiger partial charge in [0.1, 0.15) is 0 Å². The summed E-state index contributed by atoms with van der Waals surface area (Å²) in [5.41, 5.74) is 20.1. The van der Waals surface area contributed by atoms with Crippen LogP contribution in [0.5, 0.6) is 0 Å². The molecule has 0 fully saturated rings. The van der Waals surface area contributed by atoms with Crippen LogP contribution in [0.3, 0.4) is 0 Å². The summed E-state index contributed by atoms with van der Waals surface area (Å²) in [4.78, 5) is 0. The van der Waals surface area contributed by atoms with Gasteiger partial charge in [0.15, 0.2) is 0 Å². The third kappa shape index (κ3) is 3.75. The quantitative estimate of drug-likeness (QED) is 0.161. The molecule has 0 radical (unpaired) electrons. The third-order valence-corrected chi connectivity index (χ3v) is 13.2. The molecule has 14 rings (SSSR count). The summed E-state index contributed by atoms with van der Waals surface area (Å²) in [7, 11) is 0. The summed E-state index contributed by atoms with van der Waals surface area (Å²) in [5.74, 6) is 0. The maximum Gasteiger partial charge on any atom is 0.252 e. The Balaban J connectivity index is 1.23. The van der Waals surface area contributed by atoms with Gasteiger partial charge in [-0.1, -0.05) is 170 Å². The molecule has 0 atom stereocenters. The van der Waals surface area contributed by atoms with Crippen molar-refractivity contribution in [2.24, 2.45) is 0 Å². The molecule has 0 aliphatic carbocycles. The van der Waals surface area contributed by atoms with E-state index < -0.39 is 0 Å². The molecule has 0 N–H and O–H groups in total. The average Bonchev–Trinajstić information content (AvgIpc) is 3.94. The van der Waals surface area contributed by atoms with E-state index in [1.165, 1.54) is 115 Å². The minimum absolute atomic E-state index is 0.0815. The van der Waals surface area contributed by atoms with Crippen LogP contribution in [0, 0.1) is 0 Å². The standard InChI is InChI=1S/C54H32BN3/c1-3-15-33(16-4-1)36-21-11-23-42-43-24-12-22-37(34-17-5-2-6-18-34)52(43)56(51(36)42)35-31-48-50-49(32-35)58-47-30-10-8-20-39(47)41-26-14-28-45(54(41)58)55(50)44-27-13-25-40-38-19-7-9-29-46(38)57(48)53(40)44/h1-32H. The van der Waals surface area contributed by atoms with Crippen molar-refractivity contribution in [2.45, 2.75) is 0 Å². The summed E-state index contributed by atoms with van der Waals surface area (Å²) in [6.07, 6.45) is 0. The maximum atomic E-state index is 2.59. The Kier molecular flexibility index (Phi) is 5.84. The number of para-hydroxylation sites is 6. The van der Waals surface area contributed by atoms with Gasteiger partial charge < -0.3 is 13.7 Å². The first-order chi connectivity index (χ1) is 28.8. The summed E-state index contributed by atoms with van der Waals surface area (Å²) in [6, 6.07) is 72.4. The molecular weight excluding hydrogens is 701 g/mol. The largest absolute Gasteiger partial charge is 0.310 e. The Morgan fingerprint density at radius 3 is 1.19 bits per heavy atom. The number of rotatable bonds is 3.